The van der Waals surface area contributed by atoms with Crippen molar-refractivity contribution in [1.29, 1.82) is 0 Å². The summed E-state index contributed by atoms with van der Waals surface area (Å²) in [5, 5.41) is 0. The molecule has 0 fully saturated rings. The normalized spacial score (nSPS) is 13.5. The molecular formula is C11H12O4. The number of hydrogen-bond acceptors (Lipinski definition) is 4. The minimum absolute atomic E-state index is 0.402. The molecule has 4 heteroatoms. The van der Waals surface area contributed by atoms with Gasteiger partial charge in [0, 0.05) is 0 Å². The molecule has 1 aromatic carbocycles. The second kappa shape index (κ2) is 3.81. The molecule has 0 aliphatic carbocycles. The third-order valence-corrected chi connectivity index (χ3v) is 2.19. The Morgan fingerprint density at radius 2 is 2.07 bits per heavy atom. The van der Waals surface area contributed by atoms with Gasteiger partial charge in [-0.05, 0) is 24.6 Å². The van der Waals surface area contributed by atoms with Crippen molar-refractivity contribution in [1.82, 2.24) is 0 Å². The van der Waals surface area contributed by atoms with Crippen molar-refractivity contribution in [3.8, 4) is 11.5 Å². The molecule has 1 aromatic rings. The summed E-state index contributed by atoms with van der Waals surface area (Å²) in [6.07, 6.45) is 0. The maximum absolute atomic E-state index is 11.5. The van der Waals surface area contributed by atoms with E-state index in [9.17, 15) is 4.79 Å². The van der Waals surface area contributed by atoms with Gasteiger partial charge in [0.25, 0.3) is 0 Å². The van der Waals surface area contributed by atoms with Crippen molar-refractivity contribution in [2.24, 2.45) is 0 Å². The van der Waals surface area contributed by atoms with Crippen LogP contribution >= 0.6 is 0 Å². The lowest BCUT2D eigenvalue weighted by Crippen LogP contribution is -2.18. The van der Waals surface area contributed by atoms with E-state index in [2.05, 4.69) is 4.74 Å². The van der Waals surface area contributed by atoms with E-state index in [0.29, 0.717) is 30.3 Å². The SMILES string of the molecule is COC(=O)c1cc(C)cc2c1OCCO2. The van der Waals surface area contributed by atoms with Gasteiger partial charge < -0.3 is 14.2 Å². The quantitative estimate of drug-likeness (QED) is 0.657. The van der Waals surface area contributed by atoms with Crippen LogP contribution in [0.4, 0.5) is 0 Å². The van der Waals surface area contributed by atoms with E-state index >= 15 is 0 Å². The number of carbonyl (C=O) groups is 1. The van der Waals surface area contributed by atoms with Crippen LogP contribution in [-0.2, 0) is 4.74 Å². The highest BCUT2D eigenvalue weighted by Gasteiger charge is 2.21. The summed E-state index contributed by atoms with van der Waals surface area (Å²) in [5.74, 6) is 0.695. The molecule has 0 N–H and O–H groups in total. The van der Waals surface area contributed by atoms with Gasteiger partial charge in [0.2, 0.25) is 0 Å². The highest BCUT2D eigenvalue weighted by Crippen LogP contribution is 2.35. The largest absolute Gasteiger partial charge is 0.486 e. The standard InChI is InChI=1S/C11H12O4/c1-7-5-8(11(12)13-2)10-9(6-7)14-3-4-15-10/h5-6H,3-4H2,1-2H3. The van der Waals surface area contributed by atoms with E-state index in [-0.39, 0.29) is 0 Å². The molecule has 1 aliphatic rings. The second-order valence-electron chi connectivity index (χ2n) is 3.33. The third-order valence-electron chi connectivity index (χ3n) is 2.19. The zero-order valence-electron chi connectivity index (χ0n) is 8.70. The van der Waals surface area contributed by atoms with Crippen molar-refractivity contribution < 1.29 is 19.0 Å². The van der Waals surface area contributed by atoms with E-state index in [4.69, 9.17) is 9.47 Å². The van der Waals surface area contributed by atoms with Crippen LogP contribution in [0, 0.1) is 6.92 Å². The molecule has 0 spiro atoms. The lowest BCUT2D eigenvalue weighted by atomic mass is 10.1. The molecule has 1 heterocycles. The van der Waals surface area contributed by atoms with Gasteiger partial charge >= 0.3 is 5.97 Å². The predicted octanol–water partition coefficient (Wildman–Crippen LogP) is 1.55. The Bertz CT molecular complexity index is 398. The average molecular weight is 208 g/mol. The van der Waals surface area contributed by atoms with E-state index in [1.54, 1.807) is 6.07 Å². The van der Waals surface area contributed by atoms with Gasteiger partial charge in [-0.15, -0.1) is 0 Å². The van der Waals surface area contributed by atoms with Gasteiger partial charge in [0.05, 0.1) is 7.11 Å². The van der Waals surface area contributed by atoms with Crippen LogP contribution in [0.3, 0.4) is 0 Å². The highest BCUT2D eigenvalue weighted by atomic mass is 16.6. The molecular weight excluding hydrogens is 196 g/mol. The van der Waals surface area contributed by atoms with Gasteiger partial charge in [-0.1, -0.05) is 0 Å². The fraction of sp³-hybridized carbons (Fsp3) is 0.364. The first-order valence-electron chi connectivity index (χ1n) is 4.71. The number of hydrogen-bond donors (Lipinski definition) is 0. The number of esters is 1. The molecule has 80 valence electrons. The summed E-state index contributed by atoms with van der Waals surface area (Å²) in [5.41, 5.74) is 1.37. The number of carbonyl (C=O) groups excluding carboxylic acids is 1. The van der Waals surface area contributed by atoms with Crippen molar-refractivity contribution in [2.75, 3.05) is 20.3 Å². The van der Waals surface area contributed by atoms with Crippen LogP contribution in [0.5, 0.6) is 11.5 Å². The maximum Gasteiger partial charge on any atom is 0.341 e. The van der Waals surface area contributed by atoms with Crippen LogP contribution < -0.4 is 9.47 Å². The topological polar surface area (TPSA) is 44.8 Å². The summed E-state index contributed by atoms with van der Waals surface area (Å²) < 4.78 is 15.5. The lowest BCUT2D eigenvalue weighted by molar-refractivity contribution is 0.0590. The van der Waals surface area contributed by atoms with E-state index in [1.165, 1.54) is 7.11 Å². The summed E-state index contributed by atoms with van der Waals surface area (Å²) in [6, 6.07) is 3.58. The van der Waals surface area contributed by atoms with Crippen LogP contribution in [0.15, 0.2) is 12.1 Å². The first-order chi connectivity index (χ1) is 7.22. The molecule has 0 aromatic heterocycles. The van der Waals surface area contributed by atoms with Crippen molar-refractivity contribution in [2.45, 2.75) is 6.92 Å². The smallest absolute Gasteiger partial charge is 0.341 e. The Labute approximate surface area is 87.8 Å². The number of fused-ring (bicyclic) bond motifs is 1. The number of methoxy groups -OCH3 is 1. The molecule has 1 aliphatic heterocycles. The van der Waals surface area contributed by atoms with Gasteiger partial charge in [-0.3, -0.25) is 0 Å². The number of benzene rings is 1. The molecule has 0 saturated heterocycles. The van der Waals surface area contributed by atoms with Gasteiger partial charge in [-0.25, -0.2) is 4.79 Å². The van der Waals surface area contributed by atoms with Gasteiger partial charge in [0.15, 0.2) is 11.5 Å². The highest BCUT2D eigenvalue weighted by molar-refractivity contribution is 5.93. The first-order valence-corrected chi connectivity index (χ1v) is 4.71. The van der Waals surface area contributed by atoms with E-state index in [0.717, 1.165) is 5.56 Å². The predicted molar refractivity (Wildman–Crippen MR) is 53.5 cm³/mol. The van der Waals surface area contributed by atoms with E-state index in [1.807, 2.05) is 13.0 Å². The molecule has 0 unspecified atom stereocenters. The Kier molecular flexibility index (Phi) is 2.49. The van der Waals surface area contributed by atoms with Crippen LogP contribution in [0.25, 0.3) is 0 Å². The Balaban J connectivity index is 2.52. The fourth-order valence-electron chi connectivity index (χ4n) is 1.55. The van der Waals surface area contributed by atoms with Crippen LogP contribution in [-0.4, -0.2) is 26.3 Å². The van der Waals surface area contributed by atoms with Crippen LogP contribution in [0.2, 0.25) is 0 Å². The zero-order valence-corrected chi connectivity index (χ0v) is 8.70. The molecule has 0 bridgehead atoms. The third kappa shape index (κ3) is 1.75. The van der Waals surface area contributed by atoms with Crippen molar-refractivity contribution >= 4 is 5.97 Å². The Morgan fingerprint density at radius 1 is 1.33 bits per heavy atom. The first kappa shape index (κ1) is 9.83. The van der Waals surface area contributed by atoms with Gasteiger partial charge in [0.1, 0.15) is 18.8 Å². The summed E-state index contributed by atoms with van der Waals surface area (Å²) in [6.45, 7) is 2.86. The Hall–Kier alpha value is -1.71. The van der Waals surface area contributed by atoms with Gasteiger partial charge in [-0.2, -0.15) is 0 Å². The molecule has 0 radical (unpaired) electrons. The maximum atomic E-state index is 11.5. The average Bonchev–Trinajstić information content (AvgIpc) is 2.26. The number of rotatable bonds is 1. The molecule has 0 atom stereocenters. The zero-order chi connectivity index (χ0) is 10.8. The second-order valence-corrected chi connectivity index (χ2v) is 3.33. The molecule has 0 amide bonds. The monoisotopic (exact) mass is 208 g/mol. The molecule has 4 nitrogen and oxygen atoms in total. The minimum Gasteiger partial charge on any atom is -0.486 e. The summed E-state index contributed by atoms with van der Waals surface area (Å²) >= 11 is 0. The summed E-state index contributed by atoms with van der Waals surface area (Å²) in [4.78, 5) is 11.5. The van der Waals surface area contributed by atoms with Crippen molar-refractivity contribution in [3.05, 3.63) is 23.3 Å². The fourth-order valence-corrected chi connectivity index (χ4v) is 1.55. The lowest BCUT2D eigenvalue weighted by Gasteiger charge is -2.20. The van der Waals surface area contributed by atoms with Crippen molar-refractivity contribution in [3.63, 3.8) is 0 Å². The van der Waals surface area contributed by atoms with Crippen LogP contribution in [0.1, 0.15) is 15.9 Å². The molecule has 0 saturated carbocycles. The Morgan fingerprint density at radius 3 is 2.80 bits per heavy atom. The molecule has 2 rings (SSSR count). The minimum atomic E-state index is -0.402. The molecule has 15 heavy (non-hydrogen) atoms. The number of ether oxygens (including phenoxy) is 3. The van der Waals surface area contributed by atoms with E-state index < -0.39 is 5.97 Å². The summed E-state index contributed by atoms with van der Waals surface area (Å²) in [7, 11) is 1.35. The number of aryl methyl sites for hydroxylation is 1.